The Labute approximate surface area is 148 Å². The van der Waals surface area contributed by atoms with Gasteiger partial charge in [-0.1, -0.05) is 29.8 Å². The van der Waals surface area contributed by atoms with E-state index in [1.807, 2.05) is 19.2 Å². The molecular formula is C16H17ClN4O2S. The third kappa shape index (κ3) is 3.92. The normalized spacial score (nSPS) is 14.1. The van der Waals surface area contributed by atoms with Crippen LogP contribution in [0.2, 0.25) is 5.02 Å². The molecule has 0 spiro atoms. The molecule has 8 heteroatoms. The summed E-state index contributed by atoms with van der Waals surface area (Å²) < 4.78 is 0. The first-order valence-corrected chi connectivity index (χ1v) is 8.72. The van der Waals surface area contributed by atoms with Gasteiger partial charge in [-0.25, -0.2) is 4.98 Å². The summed E-state index contributed by atoms with van der Waals surface area (Å²) in [5, 5.41) is 6.15. The predicted octanol–water partition coefficient (Wildman–Crippen LogP) is 2.04. The van der Waals surface area contributed by atoms with Crippen LogP contribution in [0.3, 0.4) is 0 Å². The van der Waals surface area contributed by atoms with E-state index in [1.54, 1.807) is 12.1 Å². The van der Waals surface area contributed by atoms with Gasteiger partial charge in [0.05, 0.1) is 5.69 Å². The monoisotopic (exact) mass is 364 g/mol. The number of benzene rings is 1. The minimum Gasteiger partial charge on any atom is -0.344 e. The second-order valence-corrected chi connectivity index (χ2v) is 7.10. The number of fused-ring (bicyclic) bond motifs is 1. The van der Waals surface area contributed by atoms with Crippen LogP contribution >= 0.6 is 22.9 Å². The average Bonchev–Trinajstić information content (AvgIpc) is 2.95. The first-order valence-electron chi connectivity index (χ1n) is 7.52. The SMILES string of the molecule is CN1CCc2nc(NC(=O)C(=O)NCc3ccccc3Cl)sc2C1. The van der Waals surface area contributed by atoms with Gasteiger partial charge in [0.1, 0.15) is 0 Å². The summed E-state index contributed by atoms with van der Waals surface area (Å²) in [4.78, 5) is 31.7. The highest BCUT2D eigenvalue weighted by molar-refractivity contribution is 7.16. The Morgan fingerprint density at radius 3 is 2.92 bits per heavy atom. The number of rotatable bonds is 3. The summed E-state index contributed by atoms with van der Waals surface area (Å²) in [6, 6.07) is 7.17. The van der Waals surface area contributed by atoms with E-state index in [9.17, 15) is 9.59 Å². The van der Waals surface area contributed by atoms with E-state index >= 15 is 0 Å². The van der Waals surface area contributed by atoms with Crippen molar-refractivity contribution in [3.8, 4) is 0 Å². The van der Waals surface area contributed by atoms with E-state index in [-0.39, 0.29) is 6.54 Å². The molecule has 0 saturated heterocycles. The van der Waals surface area contributed by atoms with Crippen molar-refractivity contribution in [2.24, 2.45) is 0 Å². The number of amides is 2. The summed E-state index contributed by atoms with van der Waals surface area (Å²) in [5.41, 5.74) is 1.76. The van der Waals surface area contributed by atoms with Crippen LogP contribution in [0.5, 0.6) is 0 Å². The molecule has 6 nitrogen and oxygen atoms in total. The number of nitrogens with one attached hydrogen (secondary N) is 2. The second-order valence-electron chi connectivity index (χ2n) is 5.60. The Balaban J connectivity index is 1.57. The van der Waals surface area contributed by atoms with E-state index in [2.05, 4.69) is 20.5 Å². The van der Waals surface area contributed by atoms with Crippen molar-refractivity contribution in [3.63, 3.8) is 0 Å². The minimum absolute atomic E-state index is 0.199. The summed E-state index contributed by atoms with van der Waals surface area (Å²) in [6.45, 7) is 1.97. The van der Waals surface area contributed by atoms with Crippen LogP contribution in [0.4, 0.5) is 5.13 Å². The minimum atomic E-state index is -0.721. The van der Waals surface area contributed by atoms with Crippen LogP contribution in [0.25, 0.3) is 0 Å². The number of hydrogen-bond donors (Lipinski definition) is 2. The highest BCUT2D eigenvalue weighted by Gasteiger charge is 2.21. The van der Waals surface area contributed by atoms with Crippen molar-refractivity contribution in [2.45, 2.75) is 19.5 Å². The number of carbonyl (C=O) groups excluding carboxylic acids is 2. The molecule has 2 amide bonds. The maximum absolute atomic E-state index is 12.0. The lowest BCUT2D eigenvalue weighted by Gasteiger charge is -2.20. The van der Waals surface area contributed by atoms with Crippen LogP contribution in [0.15, 0.2) is 24.3 Å². The number of halogens is 1. The molecule has 1 aromatic carbocycles. The standard InChI is InChI=1S/C16H17ClN4O2S/c1-21-7-6-12-13(9-21)24-16(19-12)20-15(23)14(22)18-8-10-4-2-3-5-11(10)17/h2-5H,6-9H2,1H3,(H,18,22)(H,19,20,23). The van der Waals surface area contributed by atoms with Crippen LogP contribution in [0, 0.1) is 0 Å². The summed E-state index contributed by atoms with van der Waals surface area (Å²) in [5.74, 6) is -1.43. The van der Waals surface area contributed by atoms with Gasteiger partial charge in [0.15, 0.2) is 5.13 Å². The molecule has 0 fully saturated rings. The molecule has 0 unspecified atom stereocenters. The van der Waals surface area contributed by atoms with Gasteiger partial charge in [-0.3, -0.25) is 14.9 Å². The zero-order chi connectivity index (χ0) is 17.1. The van der Waals surface area contributed by atoms with Gasteiger partial charge >= 0.3 is 11.8 Å². The lowest BCUT2D eigenvalue weighted by molar-refractivity contribution is -0.136. The smallest absolute Gasteiger partial charge is 0.315 e. The Morgan fingerprint density at radius 2 is 2.12 bits per heavy atom. The van der Waals surface area contributed by atoms with Crippen molar-refractivity contribution in [1.82, 2.24) is 15.2 Å². The molecular weight excluding hydrogens is 348 g/mol. The third-order valence-corrected chi connectivity index (χ3v) is 5.11. The zero-order valence-corrected chi connectivity index (χ0v) is 14.7. The van der Waals surface area contributed by atoms with Gasteiger partial charge in [-0.2, -0.15) is 0 Å². The van der Waals surface area contributed by atoms with Gasteiger partial charge in [0, 0.05) is 36.0 Å². The maximum Gasteiger partial charge on any atom is 0.315 e. The fourth-order valence-electron chi connectivity index (χ4n) is 2.43. The number of hydrogen-bond acceptors (Lipinski definition) is 5. The Kier molecular flexibility index (Phi) is 5.13. The van der Waals surface area contributed by atoms with Crippen LogP contribution in [-0.2, 0) is 29.1 Å². The predicted molar refractivity (Wildman–Crippen MR) is 94.1 cm³/mol. The van der Waals surface area contributed by atoms with Gasteiger partial charge in [-0.15, -0.1) is 11.3 Å². The number of anilines is 1. The molecule has 0 saturated carbocycles. The lowest BCUT2D eigenvalue weighted by Crippen LogP contribution is -2.35. The Hall–Kier alpha value is -1.96. The molecule has 3 rings (SSSR count). The van der Waals surface area contributed by atoms with Crippen LogP contribution in [-0.4, -0.2) is 35.3 Å². The van der Waals surface area contributed by atoms with Crippen molar-refractivity contribution >= 4 is 39.9 Å². The average molecular weight is 365 g/mol. The summed E-state index contributed by atoms with van der Waals surface area (Å²) in [7, 11) is 2.04. The topological polar surface area (TPSA) is 74.3 Å². The molecule has 2 aromatic rings. The first kappa shape index (κ1) is 16.9. The molecule has 2 N–H and O–H groups in total. The molecule has 2 heterocycles. The Bertz CT molecular complexity index is 777. The van der Waals surface area contributed by atoms with Crippen molar-refractivity contribution in [2.75, 3.05) is 18.9 Å². The number of likely N-dealkylation sites (N-methyl/N-ethyl adjacent to an activating group) is 1. The van der Waals surface area contributed by atoms with E-state index in [4.69, 9.17) is 11.6 Å². The molecule has 0 radical (unpaired) electrons. The van der Waals surface area contributed by atoms with Crippen LogP contribution in [0.1, 0.15) is 16.1 Å². The molecule has 24 heavy (non-hydrogen) atoms. The van der Waals surface area contributed by atoms with Crippen molar-refractivity contribution in [1.29, 1.82) is 0 Å². The highest BCUT2D eigenvalue weighted by atomic mass is 35.5. The van der Waals surface area contributed by atoms with E-state index < -0.39 is 11.8 Å². The zero-order valence-electron chi connectivity index (χ0n) is 13.1. The number of nitrogens with zero attached hydrogens (tertiary/aromatic N) is 2. The molecule has 1 aliphatic heterocycles. The van der Waals surface area contributed by atoms with Gasteiger partial charge < -0.3 is 10.2 Å². The summed E-state index contributed by atoms with van der Waals surface area (Å²) >= 11 is 7.44. The quantitative estimate of drug-likeness (QED) is 0.817. The highest BCUT2D eigenvalue weighted by Crippen LogP contribution is 2.27. The molecule has 1 aliphatic rings. The summed E-state index contributed by atoms with van der Waals surface area (Å²) in [6.07, 6.45) is 0.858. The van der Waals surface area contributed by atoms with Crippen molar-refractivity contribution in [3.05, 3.63) is 45.4 Å². The van der Waals surface area contributed by atoms with Gasteiger partial charge in [0.2, 0.25) is 0 Å². The second kappa shape index (κ2) is 7.29. The third-order valence-electron chi connectivity index (χ3n) is 3.75. The van der Waals surface area contributed by atoms with E-state index in [0.29, 0.717) is 10.2 Å². The van der Waals surface area contributed by atoms with Gasteiger partial charge in [-0.05, 0) is 18.7 Å². The fourth-order valence-corrected chi connectivity index (χ4v) is 3.71. The van der Waals surface area contributed by atoms with E-state index in [0.717, 1.165) is 35.6 Å². The lowest BCUT2D eigenvalue weighted by atomic mass is 10.2. The number of aromatic nitrogens is 1. The molecule has 0 bridgehead atoms. The number of thiazole rings is 1. The molecule has 126 valence electrons. The largest absolute Gasteiger partial charge is 0.344 e. The molecule has 0 aliphatic carbocycles. The van der Waals surface area contributed by atoms with Crippen LogP contribution < -0.4 is 10.6 Å². The fraction of sp³-hybridized carbons (Fsp3) is 0.312. The van der Waals surface area contributed by atoms with Gasteiger partial charge in [0.25, 0.3) is 0 Å². The van der Waals surface area contributed by atoms with Crippen molar-refractivity contribution < 1.29 is 9.59 Å². The Morgan fingerprint density at radius 1 is 1.33 bits per heavy atom. The first-order chi connectivity index (χ1) is 11.5. The maximum atomic E-state index is 12.0. The molecule has 1 aromatic heterocycles. The van der Waals surface area contributed by atoms with E-state index in [1.165, 1.54) is 11.3 Å². The number of carbonyl (C=O) groups is 2. The molecule has 0 atom stereocenters.